The maximum Gasteiger partial charge on any atom is 0.258 e. The second-order valence-electron chi connectivity index (χ2n) is 7.71. The van der Waals surface area contributed by atoms with Gasteiger partial charge < -0.3 is 15.4 Å². The van der Waals surface area contributed by atoms with Gasteiger partial charge in [-0.3, -0.25) is 9.59 Å². The molecule has 0 bridgehead atoms. The summed E-state index contributed by atoms with van der Waals surface area (Å²) < 4.78 is 7.04. The zero-order chi connectivity index (χ0) is 24.8. The summed E-state index contributed by atoms with van der Waals surface area (Å²) in [6.07, 6.45) is 0. The first-order valence-corrected chi connectivity index (χ1v) is 11.3. The van der Waals surface area contributed by atoms with E-state index in [0.29, 0.717) is 30.2 Å². The predicted molar refractivity (Wildman–Crippen MR) is 133 cm³/mol. The molecule has 35 heavy (non-hydrogen) atoms. The zero-order valence-corrected chi connectivity index (χ0v) is 19.6. The molecule has 2 amide bonds. The van der Waals surface area contributed by atoms with Crippen LogP contribution in [0.4, 0.5) is 5.69 Å². The number of para-hydroxylation sites is 1. The maximum atomic E-state index is 13.5. The summed E-state index contributed by atoms with van der Waals surface area (Å²) in [7, 11) is 0. The Balaban J connectivity index is 1.71. The number of ether oxygens (including phenoxy) is 1. The van der Waals surface area contributed by atoms with Gasteiger partial charge in [-0.05, 0) is 60.2 Å². The normalized spacial score (nSPS) is 10.7. The van der Waals surface area contributed by atoms with Crippen LogP contribution >= 0.6 is 0 Å². The Morgan fingerprint density at radius 2 is 1.57 bits per heavy atom. The summed E-state index contributed by atoms with van der Waals surface area (Å²) in [5.41, 5.74) is 9.09. The molecular weight excluding hydrogens is 444 g/mol. The molecule has 9 heteroatoms. The van der Waals surface area contributed by atoms with Crippen molar-refractivity contribution in [2.45, 2.75) is 20.4 Å². The summed E-state index contributed by atoms with van der Waals surface area (Å²) >= 11 is 0. The van der Waals surface area contributed by atoms with E-state index in [1.54, 1.807) is 33.8 Å². The van der Waals surface area contributed by atoms with Crippen LogP contribution in [0.1, 0.15) is 24.2 Å². The quantitative estimate of drug-likeness (QED) is 0.400. The Labute approximate surface area is 203 Å². The van der Waals surface area contributed by atoms with Crippen LogP contribution in [0.25, 0.3) is 22.5 Å². The van der Waals surface area contributed by atoms with Crippen LogP contribution in [-0.2, 0) is 11.3 Å². The molecule has 2 N–H and O–H groups in total. The van der Waals surface area contributed by atoms with Crippen LogP contribution in [0, 0.1) is 0 Å². The van der Waals surface area contributed by atoms with Crippen molar-refractivity contribution < 1.29 is 14.3 Å². The number of carbonyl (C=O) groups excluding carboxylic acids is 2. The van der Waals surface area contributed by atoms with E-state index in [9.17, 15) is 9.59 Å². The summed E-state index contributed by atoms with van der Waals surface area (Å²) in [5, 5.41) is 12.1. The van der Waals surface area contributed by atoms with Crippen LogP contribution in [0.5, 0.6) is 5.75 Å². The van der Waals surface area contributed by atoms with E-state index in [-0.39, 0.29) is 12.5 Å². The van der Waals surface area contributed by atoms with Gasteiger partial charge in [-0.1, -0.05) is 42.5 Å². The van der Waals surface area contributed by atoms with E-state index in [0.717, 1.165) is 22.4 Å². The van der Waals surface area contributed by atoms with E-state index in [1.807, 2.05) is 62.4 Å². The Morgan fingerprint density at radius 1 is 0.914 bits per heavy atom. The first kappa shape index (κ1) is 23.6. The van der Waals surface area contributed by atoms with Crippen molar-refractivity contribution >= 4 is 17.5 Å². The first-order chi connectivity index (χ1) is 17.0. The highest BCUT2D eigenvalue weighted by atomic mass is 16.5. The fraction of sp³-hybridized carbons (Fsp3) is 0.192. The molecule has 0 aliphatic rings. The number of carbonyl (C=O) groups is 2. The lowest BCUT2D eigenvalue weighted by atomic mass is 9.96. The minimum atomic E-state index is -0.563. The molecule has 4 aromatic rings. The first-order valence-electron chi connectivity index (χ1n) is 11.3. The van der Waals surface area contributed by atoms with E-state index in [2.05, 4.69) is 15.5 Å². The highest BCUT2D eigenvalue weighted by molar-refractivity contribution is 6.08. The molecular formula is C26H26N6O3. The Morgan fingerprint density at radius 3 is 2.23 bits per heavy atom. The molecule has 178 valence electrons. The van der Waals surface area contributed by atoms with E-state index in [1.165, 1.54) is 0 Å². The highest BCUT2D eigenvalue weighted by Crippen LogP contribution is 2.37. The van der Waals surface area contributed by atoms with Gasteiger partial charge in [-0.2, -0.15) is 0 Å². The van der Waals surface area contributed by atoms with Crippen molar-refractivity contribution in [1.29, 1.82) is 0 Å². The second kappa shape index (κ2) is 10.6. The molecule has 0 atom stereocenters. The van der Waals surface area contributed by atoms with Gasteiger partial charge in [0.15, 0.2) is 12.4 Å². The average Bonchev–Trinajstić information content (AvgIpc) is 3.37. The molecule has 1 heterocycles. The molecule has 0 saturated heterocycles. The van der Waals surface area contributed by atoms with Crippen molar-refractivity contribution in [2.24, 2.45) is 5.73 Å². The van der Waals surface area contributed by atoms with E-state index >= 15 is 0 Å². The number of nitrogens with zero attached hydrogens (tertiary/aromatic N) is 5. The largest absolute Gasteiger partial charge is 0.484 e. The van der Waals surface area contributed by atoms with Gasteiger partial charge in [0.1, 0.15) is 5.75 Å². The Kier molecular flexibility index (Phi) is 7.15. The lowest BCUT2D eigenvalue weighted by Crippen LogP contribution is -2.31. The number of aryl methyl sites for hydroxylation is 1. The van der Waals surface area contributed by atoms with Crippen molar-refractivity contribution in [3.63, 3.8) is 0 Å². The van der Waals surface area contributed by atoms with Gasteiger partial charge in [0.25, 0.3) is 11.8 Å². The summed E-state index contributed by atoms with van der Waals surface area (Å²) in [6, 6.07) is 22.3. The van der Waals surface area contributed by atoms with Crippen molar-refractivity contribution in [3.8, 4) is 28.3 Å². The summed E-state index contributed by atoms with van der Waals surface area (Å²) in [6.45, 7) is 4.80. The van der Waals surface area contributed by atoms with Gasteiger partial charge in [0, 0.05) is 29.8 Å². The van der Waals surface area contributed by atoms with Gasteiger partial charge in [-0.25, -0.2) is 4.68 Å². The topological polar surface area (TPSA) is 116 Å². The number of hydrogen-bond acceptors (Lipinski definition) is 6. The summed E-state index contributed by atoms with van der Waals surface area (Å²) in [4.78, 5) is 26.2. The Bertz CT molecular complexity index is 1330. The number of nitrogens with two attached hydrogens (primary N) is 1. The molecule has 0 aliphatic carbocycles. The number of anilines is 1. The Hall–Kier alpha value is -4.53. The molecule has 3 aromatic carbocycles. The predicted octanol–water partition coefficient (Wildman–Crippen LogP) is 3.56. The third-order valence-corrected chi connectivity index (χ3v) is 5.53. The second-order valence-corrected chi connectivity index (χ2v) is 7.71. The molecule has 0 aliphatic heterocycles. The average molecular weight is 471 g/mol. The highest BCUT2D eigenvalue weighted by Gasteiger charge is 2.22. The fourth-order valence-electron chi connectivity index (χ4n) is 3.89. The van der Waals surface area contributed by atoms with Crippen LogP contribution in [0.2, 0.25) is 0 Å². The van der Waals surface area contributed by atoms with Gasteiger partial charge in [0.05, 0.1) is 5.69 Å². The molecule has 0 radical (unpaired) electrons. The number of rotatable bonds is 9. The van der Waals surface area contributed by atoms with Gasteiger partial charge >= 0.3 is 0 Å². The third kappa shape index (κ3) is 5.03. The lowest BCUT2D eigenvalue weighted by molar-refractivity contribution is -0.119. The lowest BCUT2D eigenvalue weighted by Gasteiger charge is -2.25. The van der Waals surface area contributed by atoms with Crippen LogP contribution in [0.3, 0.4) is 0 Å². The number of primary amides is 1. The minimum absolute atomic E-state index is 0.155. The molecule has 0 spiro atoms. The monoisotopic (exact) mass is 470 g/mol. The SMILES string of the molecule is CCN(C(=O)c1ccc(OCC(N)=O)cc1)c1ccccc1-c1ccccc1-c1nnnn1CC. The van der Waals surface area contributed by atoms with Crippen LogP contribution in [0.15, 0.2) is 72.8 Å². The van der Waals surface area contributed by atoms with Crippen LogP contribution < -0.4 is 15.4 Å². The molecule has 0 fully saturated rings. The van der Waals surface area contributed by atoms with Gasteiger partial charge in [-0.15, -0.1) is 5.10 Å². The molecule has 0 unspecified atom stereocenters. The molecule has 0 saturated carbocycles. The van der Waals surface area contributed by atoms with E-state index in [4.69, 9.17) is 10.5 Å². The van der Waals surface area contributed by atoms with Crippen molar-refractivity contribution in [1.82, 2.24) is 20.2 Å². The molecule has 1 aromatic heterocycles. The molecule has 4 rings (SSSR count). The van der Waals surface area contributed by atoms with E-state index < -0.39 is 5.91 Å². The number of benzene rings is 3. The fourth-order valence-corrected chi connectivity index (χ4v) is 3.89. The number of aromatic nitrogens is 4. The minimum Gasteiger partial charge on any atom is -0.484 e. The number of tetrazole rings is 1. The molecule has 9 nitrogen and oxygen atoms in total. The van der Waals surface area contributed by atoms with Crippen molar-refractivity contribution in [2.75, 3.05) is 18.1 Å². The van der Waals surface area contributed by atoms with Crippen molar-refractivity contribution in [3.05, 3.63) is 78.4 Å². The van der Waals surface area contributed by atoms with Crippen LogP contribution in [-0.4, -0.2) is 45.2 Å². The standard InChI is InChI=1S/C26H26N6O3/c1-3-31(26(34)18-13-15-19(16-14-18)35-17-24(27)33)23-12-8-7-10-21(23)20-9-5-6-11-22(20)25-28-29-30-32(25)4-2/h5-16H,3-4,17H2,1-2H3,(H2,27,33). The maximum absolute atomic E-state index is 13.5. The summed E-state index contributed by atoms with van der Waals surface area (Å²) in [5.74, 6) is 0.412. The number of hydrogen-bond donors (Lipinski definition) is 1. The number of amides is 2. The zero-order valence-electron chi connectivity index (χ0n) is 19.6. The van der Waals surface area contributed by atoms with Gasteiger partial charge in [0.2, 0.25) is 0 Å². The third-order valence-electron chi connectivity index (χ3n) is 5.53. The smallest absolute Gasteiger partial charge is 0.258 e.